The Morgan fingerprint density at radius 1 is 1.58 bits per heavy atom. The molecule has 0 radical (unpaired) electrons. The number of rotatable bonds is 3. The molecule has 0 spiro atoms. The lowest BCUT2D eigenvalue weighted by molar-refractivity contribution is 0.331. The molecular weight excluding hydrogens is 278 g/mol. The van der Waals surface area contributed by atoms with Gasteiger partial charge in [0.2, 0.25) is 0 Å². The van der Waals surface area contributed by atoms with Gasteiger partial charge in [-0.05, 0) is 49.1 Å². The van der Waals surface area contributed by atoms with E-state index in [1.807, 2.05) is 11.4 Å². The number of likely N-dealkylation sites (tertiary alicyclic amines) is 1. The van der Waals surface area contributed by atoms with E-state index in [0.29, 0.717) is 10.7 Å². The fraction of sp³-hybridized carbons (Fsp3) is 0.538. The number of hydrogen-bond donors (Lipinski definition) is 1. The average Bonchev–Trinajstić information content (AvgIpc) is 3.02. The Labute approximate surface area is 120 Å². The summed E-state index contributed by atoms with van der Waals surface area (Å²) in [5, 5.41) is 1.93. The minimum absolute atomic E-state index is 0.0590. The predicted octanol–water partition coefficient (Wildman–Crippen LogP) is 2.46. The van der Waals surface area contributed by atoms with Gasteiger partial charge in [-0.3, -0.25) is 9.36 Å². The maximum absolute atomic E-state index is 12.4. The number of nitrogens with one attached hydrogen (secondary N) is 1. The lowest BCUT2D eigenvalue weighted by Crippen LogP contribution is -2.27. The highest BCUT2D eigenvalue weighted by Crippen LogP contribution is 2.19. The molecule has 1 atom stereocenters. The molecule has 3 heterocycles. The summed E-state index contributed by atoms with van der Waals surface area (Å²) in [6.07, 6.45) is 1.15. The van der Waals surface area contributed by atoms with Gasteiger partial charge in [0.05, 0.1) is 5.52 Å². The molecule has 1 aliphatic rings. The smallest absolute Gasteiger partial charge is 0.272 e. The van der Waals surface area contributed by atoms with Crippen molar-refractivity contribution in [3.8, 4) is 0 Å². The van der Waals surface area contributed by atoms with Gasteiger partial charge in [0.1, 0.15) is 4.70 Å². The molecule has 0 bridgehead atoms. The third-order valence-corrected chi connectivity index (χ3v) is 5.07. The molecule has 0 aliphatic carbocycles. The van der Waals surface area contributed by atoms with Crippen molar-refractivity contribution in [1.82, 2.24) is 14.5 Å². The van der Waals surface area contributed by atoms with Gasteiger partial charge in [-0.1, -0.05) is 6.92 Å². The first-order valence-corrected chi connectivity index (χ1v) is 7.90. The van der Waals surface area contributed by atoms with Crippen molar-refractivity contribution in [1.29, 1.82) is 0 Å². The predicted molar refractivity (Wildman–Crippen MR) is 81.5 cm³/mol. The fourth-order valence-electron chi connectivity index (χ4n) is 2.74. The van der Waals surface area contributed by atoms with E-state index in [2.05, 4.69) is 16.8 Å². The monoisotopic (exact) mass is 295 g/mol. The van der Waals surface area contributed by atoms with Gasteiger partial charge in [0.25, 0.3) is 5.56 Å². The number of aromatic amines is 1. The first-order valence-electron chi connectivity index (χ1n) is 6.61. The van der Waals surface area contributed by atoms with Crippen molar-refractivity contribution in [3.05, 3.63) is 26.6 Å². The molecule has 1 saturated heterocycles. The van der Waals surface area contributed by atoms with Crippen molar-refractivity contribution < 1.29 is 0 Å². The van der Waals surface area contributed by atoms with E-state index in [1.54, 1.807) is 4.57 Å². The maximum atomic E-state index is 12.4. The van der Waals surface area contributed by atoms with E-state index in [0.717, 1.165) is 42.8 Å². The molecule has 2 aromatic heterocycles. The van der Waals surface area contributed by atoms with Gasteiger partial charge in [0.15, 0.2) is 4.77 Å². The summed E-state index contributed by atoms with van der Waals surface area (Å²) >= 11 is 6.80. The topological polar surface area (TPSA) is 41.0 Å². The van der Waals surface area contributed by atoms with Gasteiger partial charge in [-0.15, -0.1) is 11.3 Å². The second-order valence-electron chi connectivity index (χ2n) is 5.06. The molecule has 1 fully saturated rings. The van der Waals surface area contributed by atoms with Crippen LogP contribution in [0.15, 0.2) is 16.2 Å². The van der Waals surface area contributed by atoms with E-state index >= 15 is 0 Å². The van der Waals surface area contributed by atoms with Crippen LogP contribution in [-0.2, 0) is 6.54 Å². The third-order valence-electron chi connectivity index (χ3n) is 3.85. The summed E-state index contributed by atoms with van der Waals surface area (Å²) < 4.78 is 3.06. The first-order chi connectivity index (χ1) is 9.19. The molecule has 2 aromatic rings. The highest BCUT2D eigenvalue weighted by atomic mass is 32.1. The number of thiophene rings is 1. The molecule has 6 heteroatoms. The SMILES string of the molecule is CCN1CCC(Cn2c(=S)[nH]c3ccsc3c2=O)C1. The van der Waals surface area contributed by atoms with Crippen LogP contribution in [0.2, 0.25) is 0 Å². The van der Waals surface area contributed by atoms with Crippen molar-refractivity contribution in [2.24, 2.45) is 5.92 Å². The van der Waals surface area contributed by atoms with Crippen LogP contribution in [-0.4, -0.2) is 34.1 Å². The van der Waals surface area contributed by atoms with E-state index in [-0.39, 0.29) is 5.56 Å². The van der Waals surface area contributed by atoms with E-state index in [4.69, 9.17) is 12.2 Å². The molecule has 0 aromatic carbocycles. The van der Waals surface area contributed by atoms with Crippen LogP contribution in [0.5, 0.6) is 0 Å². The van der Waals surface area contributed by atoms with Crippen LogP contribution in [0.3, 0.4) is 0 Å². The van der Waals surface area contributed by atoms with Gasteiger partial charge in [-0.2, -0.15) is 0 Å². The van der Waals surface area contributed by atoms with Crippen LogP contribution in [0, 0.1) is 10.7 Å². The van der Waals surface area contributed by atoms with Crippen LogP contribution < -0.4 is 5.56 Å². The molecule has 1 aliphatic heterocycles. The van der Waals surface area contributed by atoms with Crippen molar-refractivity contribution in [2.45, 2.75) is 19.9 Å². The number of nitrogens with zero attached hydrogens (tertiary/aromatic N) is 2. The zero-order chi connectivity index (χ0) is 13.4. The number of hydrogen-bond acceptors (Lipinski definition) is 4. The Balaban J connectivity index is 1.93. The highest BCUT2D eigenvalue weighted by Gasteiger charge is 2.22. The number of aromatic nitrogens is 2. The largest absolute Gasteiger partial charge is 0.331 e. The standard InChI is InChI=1S/C13H17N3OS2/c1-2-15-5-3-9(7-15)8-16-12(17)11-10(4-6-19-11)14-13(16)18/h4,6,9H,2-3,5,7-8H2,1H3,(H,14,18). The molecule has 19 heavy (non-hydrogen) atoms. The molecule has 1 unspecified atom stereocenters. The fourth-order valence-corrected chi connectivity index (χ4v) is 3.81. The Kier molecular flexibility index (Phi) is 3.56. The van der Waals surface area contributed by atoms with Gasteiger partial charge in [-0.25, -0.2) is 0 Å². The van der Waals surface area contributed by atoms with Crippen LogP contribution in [0.25, 0.3) is 10.2 Å². The van der Waals surface area contributed by atoms with E-state index < -0.39 is 0 Å². The second kappa shape index (κ2) is 5.19. The highest BCUT2D eigenvalue weighted by molar-refractivity contribution is 7.71. The minimum Gasteiger partial charge on any atom is -0.331 e. The molecular formula is C13H17N3OS2. The molecule has 0 amide bonds. The van der Waals surface area contributed by atoms with Crippen LogP contribution in [0.4, 0.5) is 0 Å². The Morgan fingerprint density at radius 2 is 2.42 bits per heavy atom. The van der Waals surface area contributed by atoms with E-state index in [1.165, 1.54) is 11.3 Å². The summed E-state index contributed by atoms with van der Waals surface area (Å²) in [6, 6.07) is 1.91. The summed E-state index contributed by atoms with van der Waals surface area (Å²) in [4.78, 5) is 18.0. The molecule has 102 valence electrons. The lowest BCUT2D eigenvalue weighted by Gasteiger charge is -2.14. The summed E-state index contributed by atoms with van der Waals surface area (Å²) in [5.74, 6) is 0.533. The molecule has 3 rings (SSSR count). The lowest BCUT2D eigenvalue weighted by atomic mass is 10.1. The summed E-state index contributed by atoms with van der Waals surface area (Å²) in [7, 11) is 0. The van der Waals surface area contributed by atoms with Crippen molar-refractivity contribution in [2.75, 3.05) is 19.6 Å². The van der Waals surface area contributed by atoms with Crippen molar-refractivity contribution >= 4 is 33.8 Å². The quantitative estimate of drug-likeness (QED) is 0.884. The van der Waals surface area contributed by atoms with Crippen molar-refractivity contribution in [3.63, 3.8) is 0 Å². The Bertz CT molecular complexity index is 700. The van der Waals surface area contributed by atoms with Gasteiger partial charge in [0, 0.05) is 13.1 Å². The average molecular weight is 295 g/mol. The van der Waals surface area contributed by atoms with Crippen LogP contribution in [0.1, 0.15) is 13.3 Å². The third kappa shape index (κ3) is 2.40. The van der Waals surface area contributed by atoms with E-state index in [9.17, 15) is 4.79 Å². The zero-order valence-corrected chi connectivity index (χ0v) is 12.5. The molecule has 4 nitrogen and oxygen atoms in total. The normalized spacial score (nSPS) is 20.4. The number of fused-ring (bicyclic) bond motifs is 1. The Hall–Kier alpha value is -0.980. The first kappa shape index (κ1) is 13.0. The summed E-state index contributed by atoms with van der Waals surface area (Å²) in [5.41, 5.74) is 0.918. The van der Waals surface area contributed by atoms with Gasteiger partial charge >= 0.3 is 0 Å². The van der Waals surface area contributed by atoms with Crippen LogP contribution >= 0.6 is 23.6 Å². The summed E-state index contributed by atoms with van der Waals surface area (Å²) in [6.45, 7) is 6.20. The molecule has 1 N–H and O–H groups in total. The van der Waals surface area contributed by atoms with Gasteiger partial charge < -0.3 is 9.88 Å². The zero-order valence-electron chi connectivity index (χ0n) is 10.9. The maximum Gasteiger partial charge on any atom is 0.272 e. The molecule has 0 saturated carbocycles. The Morgan fingerprint density at radius 3 is 3.16 bits per heavy atom. The number of H-pyrrole nitrogens is 1. The second-order valence-corrected chi connectivity index (χ2v) is 6.36. The minimum atomic E-state index is 0.0590.